The van der Waals surface area contributed by atoms with E-state index in [1.807, 2.05) is 0 Å². The molecule has 5 rings (SSSR count). The molecule has 0 saturated heterocycles. The van der Waals surface area contributed by atoms with E-state index in [4.69, 9.17) is 9.47 Å². The van der Waals surface area contributed by atoms with Crippen LogP contribution < -0.4 is 4.74 Å². The number of non-ortho nitro benzene ring substituents is 1. The summed E-state index contributed by atoms with van der Waals surface area (Å²) >= 11 is 0. The van der Waals surface area contributed by atoms with Gasteiger partial charge in [-0.05, 0) is 97.3 Å². The zero-order valence-corrected chi connectivity index (χ0v) is 25.2. The number of carbonyl (C=O) groups is 1. The molecule has 0 aliphatic heterocycles. The fraction of sp³-hybridized carbons (Fsp3) is 0.735. The van der Waals surface area contributed by atoms with Crippen molar-refractivity contribution in [1.82, 2.24) is 0 Å². The van der Waals surface area contributed by atoms with E-state index in [9.17, 15) is 14.9 Å². The Morgan fingerprint density at radius 3 is 2.62 bits per heavy atom. The van der Waals surface area contributed by atoms with Crippen molar-refractivity contribution in [1.29, 1.82) is 0 Å². The van der Waals surface area contributed by atoms with E-state index < -0.39 is 11.1 Å². The Bertz CT molecular complexity index is 1130. The molecule has 0 aromatic heterocycles. The molecule has 1 aromatic carbocycles. The normalized spacial score (nSPS) is 35.6. The number of allylic oxidation sites excluding steroid dienone is 1. The highest BCUT2D eigenvalue weighted by Crippen LogP contribution is 2.67. The fourth-order valence-corrected chi connectivity index (χ4v) is 9.67. The van der Waals surface area contributed by atoms with Gasteiger partial charge in [-0.2, -0.15) is 0 Å². The molecule has 0 spiro atoms. The van der Waals surface area contributed by atoms with Gasteiger partial charge in [0.05, 0.1) is 11.0 Å². The molecule has 1 aromatic rings. The second-order valence-electron chi connectivity index (χ2n) is 14.4. The second-order valence-corrected chi connectivity index (χ2v) is 14.4. The lowest BCUT2D eigenvalue weighted by Crippen LogP contribution is -2.51. The van der Waals surface area contributed by atoms with Gasteiger partial charge in [-0.15, -0.1) is 0 Å². The maximum Gasteiger partial charge on any atom is 0.514 e. The summed E-state index contributed by atoms with van der Waals surface area (Å²) in [4.78, 5) is 23.1. The smallest absolute Gasteiger partial charge is 0.430 e. The van der Waals surface area contributed by atoms with Crippen LogP contribution in [-0.2, 0) is 4.74 Å². The third-order valence-electron chi connectivity index (χ3n) is 11.8. The molecule has 40 heavy (non-hydrogen) atoms. The first kappa shape index (κ1) is 29.1. The van der Waals surface area contributed by atoms with E-state index >= 15 is 0 Å². The molecule has 8 atom stereocenters. The first-order valence-electron chi connectivity index (χ1n) is 15.8. The van der Waals surface area contributed by atoms with Crippen molar-refractivity contribution in [3.05, 3.63) is 46.0 Å². The van der Waals surface area contributed by atoms with Crippen LogP contribution in [0.15, 0.2) is 35.9 Å². The Kier molecular flexibility index (Phi) is 8.37. The van der Waals surface area contributed by atoms with E-state index in [0.717, 1.165) is 61.2 Å². The van der Waals surface area contributed by atoms with Crippen LogP contribution in [0.4, 0.5) is 10.5 Å². The van der Waals surface area contributed by atoms with Crippen molar-refractivity contribution >= 4 is 11.8 Å². The van der Waals surface area contributed by atoms with Crippen molar-refractivity contribution < 1.29 is 19.2 Å². The number of ether oxygens (including phenoxy) is 2. The minimum atomic E-state index is -0.781. The van der Waals surface area contributed by atoms with Gasteiger partial charge in [0.1, 0.15) is 11.9 Å². The molecule has 3 fully saturated rings. The summed E-state index contributed by atoms with van der Waals surface area (Å²) in [5.41, 5.74) is 2.03. The summed E-state index contributed by atoms with van der Waals surface area (Å²) in [5, 5.41) is 11.0. The van der Waals surface area contributed by atoms with Crippen molar-refractivity contribution in [2.24, 2.45) is 46.3 Å². The number of benzene rings is 1. The maximum absolute atomic E-state index is 12.5. The maximum atomic E-state index is 12.5. The summed E-state index contributed by atoms with van der Waals surface area (Å²) in [5.74, 6) is 4.95. The van der Waals surface area contributed by atoms with E-state index in [2.05, 4.69) is 40.7 Å². The van der Waals surface area contributed by atoms with Crippen LogP contribution in [0.3, 0.4) is 0 Å². The number of fused-ring (bicyclic) bond motifs is 5. The van der Waals surface area contributed by atoms with Crippen molar-refractivity contribution in [3.8, 4) is 5.75 Å². The molecule has 0 amide bonds. The van der Waals surface area contributed by atoms with Crippen LogP contribution >= 0.6 is 0 Å². The van der Waals surface area contributed by atoms with Crippen LogP contribution in [0.2, 0.25) is 0 Å². The predicted octanol–water partition coefficient (Wildman–Crippen LogP) is 9.52. The molecular weight excluding hydrogens is 502 g/mol. The molecule has 4 aliphatic carbocycles. The Morgan fingerprint density at radius 1 is 1.07 bits per heavy atom. The zero-order valence-electron chi connectivity index (χ0n) is 25.2. The van der Waals surface area contributed by atoms with E-state index in [1.54, 1.807) is 0 Å². The quantitative estimate of drug-likeness (QED) is 0.106. The number of carbonyl (C=O) groups excluding carboxylic acids is 1. The highest BCUT2D eigenvalue weighted by molar-refractivity contribution is 5.64. The fourth-order valence-electron chi connectivity index (χ4n) is 9.67. The second kappa shape index (κ2) is 11.5. The van der Waals surface area contributed by atoms with Gasteiger partial charge < -0.3 is 9.47 Å². The molecule has 0 heterocycles. The average Bonchev–Trinajstić information content (AvgIpc) is 3.26. The van der Waals surface area contributed by atoms with Gasteiger partial charge >= 0.3 is 6.16 Å². The number of hydrogen-bond donors (Lipinski definition) is 0. The number of nitro benzene ring substituents is 1. The molecule has 0 N–H and O–H groups in total. The lowest BCUT2D eigenvalue weighted by molar-refractivity contribution is -0.384. The van der Waals surface area contributed by atoms with Gasteiger partial charge in [-0.25, -0.2) is 4.79 Å². The lowest BCUT2D eigenvalue weighted by Gasteiger charge is -2.58. The van der Waals surface area contributed by atoms with Crippen LogP contribution in [-0.4, -0.2) is 17.2 Å². The first-order chi connectivity index (χ1) is 19.0. The number of nitrogens with zero attached hydrogens (tertiary/aromatic N) is 1. The number of rotatable bonds is 8. The van der Waals surface area contributed by atoms with Gasteiger partial charge in [-0.3, -0.25) is 10.1 Å². The van der Waals surface area contributed by atoms with Crippen molar-refractivity contribution in [2.75, 3.05) is 0 Å². The molecule has 0 radical (unpaired) electrons. The molecule has 0 bridgehead atoms. The Morgan fingerprint density at radius 2 is 1.88 bits per heavy atom. The van der Waals surface area contributed by atoms with Crippen molar-refractivity contribution in [3.63, 3.8) is 0 Å². The van der Waals surface area contributed by atoms with Gasteiger partial charge in [0.2, 0.25) is 0 Å². The zero-order chi connectivity index (χ0) is 28.7. The topological polar surface area (TPSA) is 78.7 Å². The third kappa shape index (κ3) is 5.56. The molecular formula is C34H49NO5. The first-order valence-corrected chi connectivity index (χ1v) is 15.8. The Labute approximate surface area is 240 Å². The van der Waals surface area contributed by atoms with Gasteiger partial charge in [-0.1, -0.05) is 71.6 Å². The lowest BCUT2D eigenvalue weighted by atomic mass is 9.47. The highest BCUT2D eigenvalue weighted by atomic mass is 16.7. The Balaban J connectivity index is 1.21. The van der Waals surface area contributed by atoms with Gasteiger partial charge in [0.15, 0.2) is 0 Å². The van der Waals surface area contributed by atoms with Crippen molar-refractivity contribution in [2.45, 2.75) is 111 Å². The molecule has 0 unspecified atom stereocenters. The van der Waals surface area contributed by atoms with Gasteiger partial charge in [0, 0.05) is 12.5 Å². The average molecular weight is 552 g/mol. The highest BCUT2D eigenvalue weighted by Gasteiger charge is 2.59. The van der Waals surface area contributed by atoms with E-state index in [1.165, 1.54) is 74.8 Å². The minimum absolute atomic E-state index is 0.113. The summed E-state index contributed by atoms with van der Waals surface area (Å²) in [6.07, 6.45) is 14.9. The molecule has 4 aliphatic rings. The largest absolute Gasteiger partial charge is 0.514 e. The van der Waals surface area contributed by atoms with Crippen LogP contribution in [0, 0.1) is 56.5 Å². The number of nitro groups is 1. The van der Waals surface area contributed by atoms with Gasteiger partial charge in [0.25, 0.3) is 5.69 Å². The summed E-state index contributed by atoms with van der Waals surface area (Å²) in [6, 6.07) is 5.66. The van der Waals surface area contributed by atoms with E-state index in [0.29, 0.717) is 5.41 Å². The third-order valence-corrected chi connectivity index (χ3v) is 11.8. The monoisotopic (exact) mass is 551 g/mol. The molecule has 3 saturated carbocycles. The standard InChI is InChI=1S/C34H49NO5/c1-22(2)8-6-9-23(3)29-14-15-30-28-13-12-24-20-27(16-18-33(24,4)31(28)17-19-34(29,30)5)40-32(36)39-26-11-7-10-25(21-26)35(37)38/h7,10-12,21-23,27-31H,6,8-9,13-20H2,1-5H3/t23-,27+,28-,29-,30+,31-,33+,34-/m1/s1. The summed E-state index contributed by atoms with van der Waals surface area (Å²) < 4.78 is 11.0. The minimum Gasteiger partial charge on any atom is -0.430 e. The number of hydrogen-bond acceptors (Lipinski definition) is 5. The summed E-state index contributed by atoms with van der Waals surface area (Å²) in [6.45, 7) is 12.4. The van der Waals surface area contributed by atoms with E-state index in [-0.39, 0.29) is 23.0 Å². The van der Waals surface area contributed by atoms with Crippen LogP contribution in [0.1, 0.15) is 105 Å². The molecule has 220 valence electrons. The molecule has 6 heteroatoms. The molecule has 6 nitrogen and oxygen atoms in total. The van der Waals surface area contributed by atoms with Crippen LogP contribution in [0.5, 0.6) is 5.75 Å². The Hall–Kier alpha value is -2.37. The summed E-state index contributed by atoms with van der Waals surface area (Å²) in [7, 11) is 0. The van der Waals surface area contributed by atoms with Crippen LogP contribution in [0.25, 0.3) is 0 Å². The predicted molar refractivity (Wildman–Crippen MR) is 157 cm³/mol. The SMILES string of the molecule is CC(C)CCC[C@@H](C)[C@H]1CC[C@H]2[C@H]3CC=C4C[C@@H](OC(=O)Oc5cccc([N+](=O)[O-])c5)CC[C@]4(C)[C@@H]3CC[C@]12C.